The van der Waals surface area contributed by atoms with E-state index in [1.165, 1.54) is 0 Å². The van der Waals surface area contributed by atoms with E-state index in [0.717, 1.165) is 6.42 Å². The Hall–Kier alpha value is -0.640. The van der Waals surface area contributed by atoms with Crippen LogP contribution in [-0.2, 0) is 4.79 Å². The summed E-state index contributed by atoms with van der Waals surface area (Å²) in [6, 6.07) is 3.21. The van der Waals surface area contributed by atoms with Crippen LogP contribution in [0.25, 0.3) is 0 Å². The van der Waals surface area contributed by atoms with Crippen LogP contribution in [-0.4, -0.2) is 18.4 Å². The molecule has 0 aliphatic carbocycles. The minimum atomic E-state index is -0.363. The quantitative estimate of drug-likeness (QED) is 0.835. The molecule has 0 spiro atoms. The first-order valence-electron chi connectivity index (χ1n) is 5.06. The Morgan fingerprint density at radius 2 is 1.94 bits per heavy atom. The van der Waals surface area contributed by atoms with Crippen molar-refractivity contribution in [2.45, 2.75) is 13.3 Å². The van der Waals surface area contributed by atoms with Crippen LogP contribution in [0.2, 0.25) is 10.0 Å². The standard InChI is InChI=1S/C11H12Cl3NO2/c1-2-3-17-7-4-8(13)11(9(14)5-7)15-10(16)6-12/h4-5H,2-3,6H2,1H3,(H,15,16). The Labute approximate surface area is 115 Å². The molecule has 0 fully saturated rings. The zero-order valence-electron chi connectivity index (χ0n) is 9.23. The lowest BCUT2D eigenvalue weighted by molar-refractivity contribution is -0.113. The van der Waals surface area contributed by atoms with E-state index >= 15 is 0 Å². The SMILES string of the molecule is CCCOc1cc(Cl)c(NC(=O)CCl)c(Cl)c1. The number of amides is 1. The molecule has 0 heterocycles. The minimum Gasteiger partial charge on any atom is -0.493 e. The van der Waals surface area contributed by atoms with Crippen molar-refractivity contribution in [1.29, 1.82) is 0 Å². The van der Waals surface area contributed by atoms with E-state index in [9.17, 15) is 4.79 Å². The zero-order valence-corrected chi connectivity index (χ0v) is 11.5. The highest BCUT2D eigenvalue weighted by atomic mass is 35.5. The molecule has 17 heavy (non-hydrogen) atoms. The Morgan fingerprint density at radius 3 is 2.41 bits per heavy atom. The fraction of sp³-hybridized carbons (Fsp3) is 0.364. The Balaban J connectivity index is 2.90. The van der Waals surface area contributed by atoms with Crippen LogP contribution < -0.4 is 10.1 Å². The van der Waals surface area contributed by atoms with Gasteiger partial charge < -0.3 is 10.1 Å². The van der Waals surface area contributed by atoms with E-state index in [1.807, 2.05) is 6.92 Å². The molecule has 3 nitrogen and oxygen atoms in total. The van der Waals surface area contributed by atoms with Crippen LogP contribution in [0.1, 0.15) is 13.3 Å². The van der Waals surface area contributed by atoms with Crippen molar-refractivity contribution in [2.24, 2.45) is 0 Å². The van der Waals surface area contributed by atoms with Crippen LogP contribution in [0.5, 0.6) is 5.75 Å². The largest absolute Gasteiger partial charge is 0.493 e. The third kappa shape index (κ3) is 4.26. The highest BCUT2D eigenvalue weighted by Crippen LogP contribution is 2.34. The van der Waals surface area contributed by atoms with Crippen molar-refractivity contribution in [1.82, 2.24) is 0 Å². The number of benzene rings is 1. The van der Waals surface area contributed by atoms with Gasteiger partial charge >= 0.3 is 0 Å². The van der Waals surface area contributed by atoms with Gasteiger partial charge in [0.25, 0.3) is 0 Å². The molecule has 0 aliphatic heterocycles. The van der Waals surface area contributed by atoms with Crippen molar-refractivity contribution in [2.75, 3.05) is 17.8 Å². The van der Waals surface area contributed by atoms with Crippen molar-refractivity contribution in [3.8, 4) is 5.75 Å². The van der Waals surface area contributed by atoms with Gasteiger partial charge in [0, 0.05) is 12.1 Å². The molecule has 1 rings (SSSR count). The maximum atomic E-state index is 11.2. The first kappa shape index (κ1) is 14.4. The smallest absolute Gasteiger partial charge is 0.239 e. The topological polar surface area (TPSA) is 38.3 Å². The summed E-state index contributed by atoms with van der Waals surface area (Å²) in [5, 5.41) is 3.16. The number of hydrogen-bond donors (Lipinski definition) is 1. The van der Waals surface area contributed by atoms with E-state index in [0.29, 0.717) is 28.1 Å². The van der Waals surface area contributed by atoms with Gasteiger partial charge in [-0.15, -0.1) is 11.6 Å². The van der Waals surface area contributed by atoms with Gasteiger partial charge in [-0.1, -0.05) is 30.1 Å². The van der Waals surface area contributed by atoms with Crippen LogP contribution >= 0.6 is 34.8 Å². The summed E-state index contributed by atoms with van der Waals surface area (Å²) in [6.45, 7) is 2.58. The normalized spacial score (nSPS) is 10.1. The number of alkyl halides is 1. The molecule has 0 saturated heterocycles. The number of hydrogen-bond acceptors (Lipinski definition) is 2. The van der Waals surface area contributed by atoms with Gasteiger partial charge in [-0.25, -0.2) is 0 Å². The molecule has 1 N–H and O–H groups in total. The summed E-state index contributed by atoms with van der Waals surface area (Å²) in [5.41, 5.74) is 0.350. The average Bonchev–Trinajstić information content (AvgIpc) is 2.30. The number of anilines is 1. The predicted octanol–water partition coefficient (Wildman–Crippen LogP) is 3.96. The van der Waals surface area contributed by atoms with Gasteiger partial charge in [-0.05, 0) is 6.42 Å². The molecule has 0 aromatic heterocycles. The zero-order chi connectivity index (χ0) is 12.8. The highest BCUT2D eigenvalue weighted by molar-refractivity contribution is 6.40. The Bertz CT molecular complexity index is 387. The molecule has 6 heteroatoms. The fourth-order valence-electron chi connectivity index (χ4n) is 1.15. The third-order valence-corrected chi connectivity index (χ3v) is 2.71. The van der Waals surface area contributed by atoms with E-state index in [4.69, 9.17) is 39.5 Å². The van der Waals surface area contributed by atoms with Gasteiger partial charge in [-0.3, -0.25) is 4.79 Å². The molecule has 0 unspecified atom stereocenters. The third-order valence-electron chi connectivity index (χ3n) is 1.87. The van der Waals surface area contributed by atoms with Gasteiger partial charge in [0.05, 0.1) is 22.3 Å². The van der Waals surface area contributed by atoms with Crippen molar-refractivity contribution >= 4 is 46.4 Å². The first-order valence-corrected chi connectivity index (χ1v) is 6.35. The maximum Gasteiger partial charge on any atom is 0.239 e. The molecule has 0 bridgehead atoms. The van der Waals surface area contributed by atoms with Gasteiger partial charge in [0.15, 0.2) is 0 Å². The fourth-order valence-corrected chi connectivity index (χ4v) is 1.77. The average molecular weight is 297 g/mol. The second-order valence-corrected chi connectivity index (χ2v) is 4.37. The summed E-state index contributed by atoms with van der Waals surface area (Å²) in [7, 11) is 0. The van der Waals surface area contributed by atoms with E-state index in [-0.39, 0.29) is 11.8 Å². The lowest BCUT2D eigenvalue weighted by Gasteiger charge is -2.11. The van der Waals surface area contributed by atoms with E-state index in [2.05, 4.69) is 5.32 Å². The van der Waals surface area contributed by atoms with Crippen LogP contribution in [0.15, 0.2) is 12.1 Å². The van der Waals surface area contributed by atoms with Gasteiger partial charge in [0.1, 0.15) is 11.6 Å². The van der Waals surface area contributed by atoms with Crippen molar-refractivity contribution in [3.05, 3.63) is 22.2 Å². The molecular formula is C11H12Cl3NO2. The molecule has 1 aromatic rings. The van der Waals surface area contributed by atoms with Crippen LogP contribution in [0.3, 0.4) is 0 Å². The highest BCUT2D eigenvalue weighted by Gasteiger charge is 2.11. The molecule has 0 saturated carbocycles. The summed E-state index contributed by atoms with van der Waals surface area (Å²) in [4.78, 5) is 11.2. The minimum absolute atomic E-state index is 0.152. The number of halogens is 3. The van der Waals surface area contributed by atoms with Gasteiger partial charge in [0.2, 0.25) is 5.91 Å². The summed E-state index contributed by atoms with van der Waals surface area (Å²) in [6.07, 6.45) is 0.889. The number of carbonyl (C=O) groups excluding carboxylic acids is 1. The van der Waals surface area contributed by atoms with Crippen LogP contribution in [0, 0.1) is 0 Å². The predicted molar refractivity (Wildman–Crippen MR) is 71.6 cm³/mol. The van der Waals surface area contributed by atoms with Gasteiger partial charge in [-0.2, -0.15) is 0 Å². The van der Waals surface area contributed by atoms with Crippen LogP contribution in [0.4, 0.5) is 5.69 Å². The monoisotopic (exact) mass is 295 g/mol. The molecule has 0 aliphatic rings. The number of nitrogens with one attached hydrogen (secondary N) is 1. The number of ether oxygens (including phenoxy) is 1. The maximum absolute atomic E-state index is 11.2. The lowest BCUT2D eigenvalue weighted by atomic mass is 10.3. The van der Waals surface area contributed by atoms with Crippen molar-refractivity contribution in [3.63, 3.8) is 0 Å². The Kier molecular flexibility index (Phi) is 5.89. The summed E-state index contributed by atoms with van der Waals surface area (Å²) >= 11 is 17.4. The van der Waals surface area contributed by atoms with E-state index in [1.54, 1.807) is 12.1 Å². The molecule has 1 aromatic carbocycles. The van der Waals surface area contributed by atoms with E-state index < -0.39 is 0 Å². The Morgan fingerprint density at radius 1 is 1.35 bits per heavy atom. The molecular weight excluding hydrogens is 284 g/mol. The molecule has 0 atom stereocenters. The lowest BCUT2D eigenvalue weighted by Crippen LogP contribution is -2.13. The summed E-state index contributed by atoms with van der Waals surface area (Å²) < 4.78 is 5.40. The second kappa shape index (κ2) is 6.94. The number of carbonyl (C=O) groups is 1. The van der Waals surface area contributed by atoms with Crippen molar-refractivity contribution < 1.29 is 9.53 Å². The second-order valence-electron chi connectivity index (χ2n) is 3.29. The molecule has 94 valence electrons. The molecule has 1 amide bonds. The summed E-state index contributed by atoms with van der Waals surface area (Å²) in [5.74, 6) is 0.0595. The molecule has 0 radical (unpaired) electrons. The first-order chi connectivity index (χ1) is 8.08. The number of rotatable bonds is 5.